The van der Waals surface area contributed by atoms with E-state index in [1.165, 1.54) is 25.1 Å². The van der Waals surface area contributed by atoms with Crippen LogP contribution < -0.4 is 0 Å². The summed E-state index contributed by atoms with van der Waals surface area (Å²) >= 11 is 17.7. The SMILES string of the molecule is C[Si]1(C)CC[Si](C)(C)N1CCCC[Si](Cl)(Cl)Cl. The van der Waals surface area contributed by atoms with E-state index in [9.17, 15) is 0 Å². The van der Waals surface area contributed by atoms with Crippen molar-refractivity contribution in [2.75, 3.05) is 6.54 Å². The lowest BCUT2D eigenvalue weighted by atomic mass is 10.3. The first-order chi connectivity index (χ1) is 7.55. The average molecular weight is 349 g/mol. The predicted octanol–water partition coefficient (Wildman–Crippen LogP) is 5.15. The summed E-state index contributed by atoms with van der Waals surface area (Å²) in [5.74, 6) is 0. The highest BCUT2D eigenvalue weighted by Crippen LogP contribution is 2.37. The van der Waals surface area contributed by atoms with Crippen molar-refractivity contribution < 1.29 is 0 Å². The molecule has 1 rings (SSSR count). The van der Waals surface area contributed by atoms with Gasteiger partial charge in [-0.2, -0.15) is 0 Å². The molecule has 0 amide bonds. The van der Waals surface area contributed by atoms with E-state index in [0.29, 0.717) is 0 Å². The van der Waals surface area contributed by atoms with Crippen molar-refractivity contribution in [1.29, 1.82) is 0 Å². The molecule has 0 aliphatic carbocycles. The van der Waals surface area contributed by atoms with Crippen molar-refractivity contribution in [3.8, 4) is 0 Å². The van der Waals surface area contributed by atoms with Gasteiger partial charge in [-0.1, -0.05) is 32.6 Å². The largest absolute Gasteiger partial charge is 0.345 e. The Morgan fingerprint density at radius 1 is 0.941 bits per heavy atom. The molecule has 0 aromatic carbocycles. The molecular formula is C10H24Cl3NSi3. The van der Waals surface area contributed by atoms with Gasteiger partial charge in [-0.15, -0.1) is 33.2 Å². The van der Waals surface area contributed by atoms with Crippen LogP contribution in [0.3, 0.4) is 0 Å². The number of rotatable bonds is 5. The molecule has 0 unspecified atom stereocenters. The van der Waals surface area contributed by atoms with Gasteiger partial charge in [0.05, 0.1) is 0 Å². The van der Waals surface area contributed by atoms with E-state index in [1.54, 1.807) is 0 Å². The van der Waals surface area contributed by atoms with E-state index < -0.39 is 22.5 Å². The van der Waals surface area contributed by atoms with Gasteiger partial charge < -0.3 is 4.23 Å². The second kappa shape index (κ2) is 5.85. The van der Waals surface area contributed by atoms with E-state index >= 15 is 0 Å². The highest BCUT2D eigenvalue weighted by Gasteiger charge is 2.46. The molecule has 0 atom stereocenters. The Balaban J connectivity index is 2.40. The first-order valence-corrected chi connectivity index (χ1v) is 17.9. The van der Waals surface area contributed by atoms with Crippen molar-refractivity contribution in [3.63, 3.8) is 0 Å². The summed E-state index contributed by atoms with van der Waals surface area (Å²) in [5, 5.41) is 0. The van der Waals surface area contributed by atoms with Crippen molar-refractivity contribution in [2.24, 2.45) is 0 Å². The highest BCUT2D eigenvalue weighted by molar-refractivity contribution is 7.64. The van der Waals surface area contributed by atoms with Gasteiger partial charge in [0.15, 0.2) is 0 Å². The fourth-order valence-electron chi connectivity index (χ4n) is 2.90. The van der Waals surface area contributed by atoms with Crippen LogP contribution in [0.5, 0.6) is 0 Å². The van der Waals surface area contributed by atoms with Gasteiger partial charge in [-0.25, -0.2) is 0 Å². The molecule has 1 heterocycles. The maximum Gasteiger partial charge on any atom is 0.341 e. The monoisotopic (exact) mass is 347 g/mol. The maximum absolute atomic E-state index is 5.91. The highest BCUT2D eigenvalue weighted by atomic mass is 35.8. The second-order valence-corrected chi connectivity index (χ2v) is 25.4. The topological polar surface area (TPSA) is 3.24 Å². The number of nitrogens with zero attached hydrogens (tertiary/aromatic N) is 1. The van der Waals surface area contributed by atoms with Crippen LogP contribution in [0.15, 0.2) is 0 Å². The third-order valence-electron chi connectivity index (χ3n) is 3.90. The Kier molecular flexibility index (Phi) is 5.69. The molecule has 1 nitrogen and oxygen atoms in total. The van der Waals surface area contributed by atoms with Gasteiger partial charge in [-0.05, 0) is 31.1 Å². The standard InChI is InChI=1S/C10H24Cl3NSi3/c1-15(2)9-10-16(3,4)14(15)7-5-6-8-17(11,12)13/h5-10H2,1-4H3. The third-order valence-corrected chi connectivity index (χ3v) is 17.0. The predicted molar refractivity (Wildman–Crippen MR) is 88.6 cm³/mol. The molecule has 1 aliphatic heterocycles. The normalized spacial score (nSPS) is 24.2. The number of unbranched alkanes of at least 4 members (excludes halogenated alkanes) is 1. The minimum Gasteiger partial charge on any atom is -0.345 e. The van der Waals surface area contributed by atoms with Crippen LogP contribution in [0.2, 0.25) is 44.3 Å². The van der Waals surface area contributed by atoms with E-state index in [4.69, 9.17) is 33.2 Å². The molecule has 0 saturated carbocycles. The lowest BCUT2D eigenvalue weighted by molar-refractivity contribution is 0.582. The summed E-state index contributed by atoms with van der Waals surface area (Å²) in [4.78, 5) is 0. The zero-order valence-corrected chi connectivity index (χ0v) is 16.6. The first-order valence-electron chi connectivity index (χ1n) is 6.39. The molecule has 7 heteroatoms. The molecule has 0 N–H and O–H groups in total. The molecule has 17 heavy (non-hydrogen) atoms. The summed E-state index contributed by atoms with van der Waals surface area (Å²) in [6.07, 6.45) is 2.28. The van der Waals surface area contributed by atoms with Crippen LogP contribution in [0.4, 0.5) is 0 Å². The van der Waals surface area contributed by atoms with Crippen molar-refractivity contribution in [3.05, 3.63) is 0 Å². The number of hydrogen-bond acceptors (Lipinski definition) is 1. The van der Waals surface area contributed by atoms with Gasteiger partial charge in [0.25, 0.3) is 0 Å². The van der Waals surface area contributed by atoms with Gasteiger partial charge in [0.2, 0.25) is 0 Å². The Labute approximate surface area is 123 Å². The van der Waals surface area contributed by atoms with E-state index in [1.807, 2.05) is 0 Å². The quantitative estimate of drug-likeness (QED) is 0.377. The van der Waals surface area contributed by atoms with Crippen molar-refractivity contribution in [1.82, 2.24) is 4.23 Å². The van der Waals surface area contributed by atoms with Crippen LogP contribution in [0, 0.1) is 0 Å². The molecule has 0 aromatic heterocycles. The van der Waals surface area contributed by atoms with Gasteiger partial charge >= 0.3 is 6.00 Å². The molecule has 0 radical (unpaired) electrons. The van der Waals surface area contributed by atoms with Crippen molar-refractivity contribution in [2.45, 2.75) is 57.2 Å². The van der Waals surface area contributed by atoms with E-state index in [-0.39, 0.29) is 0 Å². The molecule has 1 saturated heterocycles. The van der Waals surface area contributed by atoms with Gasteiger partial charge in [0.1, 0.15) is 16.5 Å². The summed E-state index contributed by atoms with van der Waals surface area (Å²) in [5.41, 5.74) is 0. The second-order valence-electron chi connectivity index (χ2n) is 6.35. The molecule has 0 spiro atoms. The minimum atomic E-state index is -2.38. The Morgan fingerprint density at radius 2 is 1.41 bits per heavy atom. The van der Waals surface area contributed by atoms with Gasteiger partial charge in [-0.3, -0.25) is 0 Å². The fraction of sp³-hybridized carbons (Fsp3) is 1.00. The first kappa shape index (κ1) is 16.5. The number of hydrogen-bond donors (Lipinski definition) is 0. The molecular weight excluding hydrogens is 325 g/mol. The lowest BCUT2D eigenvalue weighted by Crippen LogP contribution is -2.55. The Hall–Kier alpha value is 1.48. The van der Waals surface area contributed by atoms with E-state index in [2.05, 4.69) is 30.4 Å². The van der Waals surface area contributed by atoms with Crippen LogP contribution >= 0.6 is 33.2 Å². The minimum absolute atomic E-state index is 0.815. The van der Waals surface area contributed by atoms with Crippen LogP contribution in [-0.2, 0) is 0 Å². The van der Waals surface area contributed by atoms with Crippen LogP contribution in [-0.4, -0.2) is 33.2 Å². The smallest absolute Gasteiger partial charge is 0.341 e. The summed E-state index contributed by atoms with van der Waals surface area (Å²) < 4.78 is 2.90. The van der Waals surface area contributed by atoms with Crippen LogP contribution in [0.1, 0.15) is 12.8 Å². The molecule has 0 bridgehead atoms. The van der Waals surface area contributed by atoms with E-state index in [0.717, 1.165) is 12.5 Å². The summed E-state index contributed by atoms with van der Waals surface area (Å²) in [6.45, 7) is 11.3. The Morgan fingerprint density at radius 3 is 1.82 bits per heavy atom. The lowest BCUT2D eigenvalue weighted by Gasteiger charge is -2.39. The molecule has 0 aromatic rings. The molecule has 102 valence electrons. The zero-order chi connectivity index (χ0) is 13.3. The third kappa shape index (κ3) is 5.16. The maximum atomic E-state index is 5.91. The zero-order valence-electron chi connectivity index (χ0n) is 11.3. The van der Waals surface area contributed by atoms with Crippen molar-refractivity contribution >= 4 is 55.7 Å². The van der Waals surface area contributed by atoms with Crippen LogP contribution in [0.25, 0.3) is 0 Å². The Bertz CT molecular complexity index is 250. The molecule has 1 fully saturated rings. The summed E-state index contributed by atoms with van der Waals surface area (Å²) in [6, 6.07) is 1.39. The number of halogens is 3. The summed E-state index contributed by atoms with van der Waals surface area (Å²) in [7, 11) is -2.19. The fourth-order valence-corrected chi connectivity index (χ4v) is 18.9. The molecule has 1 aliphatic rings. The van der Waals surface area contributed by atoms with Gasteiger partial charge in [0, 0.05) is 0 Å². The average Bonchev–Trinajstić information content (AvgIpc) is 2.31.